The lowest BCUT2D eigenvalue weighted by molar-refractivity contribution is 0.102. The number of hydrogen-bond acceptors (Lipinski definition) is 6. The van der Waals surface area contributed by atoms with Gasteiger partial charge in [0.2, 0.25) is 0 Å². The molecular formula is C22H18N4OS2. The Bertz CT molecular complexity index is 1130. The van der Waals surface area contributed by atoms with Crippen LogP contribution in [-0.4, -0.2) is 22.1 Å². The molecule has 0 bridgehead atoms. The van der Waals surface area contributed by atoms with E-state index in [9.17, 15) is 4.79 Å². The van der Waals surface area contributed by atoms with E-state index in [0.29, 0.717) is 15.7 Å². The number of nitrogens with zero attached hydrogens (tertiary/aromatic N) is 2. The maximum absolute atomic E-state index is 12.6. The van der Waals surface area contributed by atoms with Gasteiger partial charge in [-0.05, 0) is 42.7 Å². The number of amides is 1. The quantitative estimate of drug-likeness (QED) is 0.380. The Labute approximate surface area is 177 Å². The molecule has 0 saturated carbocycles. The average molecular weight is 419 g/mol. The molecule has 5 nitrogen and oxygen atoms in total. The van der Waals surface area contributed by atoms with Gasteiger partial charge < -0.3 is 5.32 Å². The first-order valence-electron chi connectivity index (χ1n) is 8.91. The van der Waals surface area contributed by atoms with Crippen molar-refractivity contribution in [3.05, 3.63) is 83.9 Å². The van der Waals surface area contributed by atoms with Crippen LogP contribution in [0.25, 0.3) is 11.3 Å². The Kier molecular flexibility index (Phi) is 5.88. The summed E-state index contributed by atoms with van der Waals surface area (Å²) in [7, 11) is 0. The Morgan fingerprint density at radius 1 is 1.00 bits per heavy atom. The summed E-state index contributed by atoms with van der Waals surface area (Å²) in [5.74, 6) is -0.206. The second-order valence-electron chi connectivity index (χ2n) is 6.12. The topological polar surface area (TPSA) is 66.9 Å². The van der Waals surface area contributed by atoms with Gasteiger partial charge in [-0.2, -0.15) is 0 Å². The number of para-hydroxylation sites is 1. The molecule has 0 atom stereocenters. The summed E-state index contributed by atoms with van der Waals surface area (Å²) in [5, 5.41) is 9.45. The number of rotatable bonds is 6. The molecule has 4 rings (SSSR count). The minimum Gasteiger partial charge on any atom is -0.356 e. The van der Waals surface area contributed by atoms with Gasteiger partial charge in [-0.1, -0.05) is 30.3 Å². The van der Waals surface area contributed by atoms with E-state index in [1.165, 1.54) is 23.1 Å². The van der Waals surface area contributed by atoms with Crippen molar-refractivity contribution in [3.63, 3.8) is 0 Å². The monoisotopic (exact) mass is 418 g/mol. The zero-order valence-corrected chi connectivity index (χ0v) is 17.3. The lowest BCUT2D eigenvalue weighted by Crippen LogP contribution is -2.13. The first kappa shape index (κ1) is 19.2. The molecule has 4 aromatic rings. The Hall–Kier alpha value is -3.16. The molecule has 0 saturated heterocycles. The normalized spacial score (nSPS) is 10.5. The second-order valence-corrected chi connectivity index (χ2v) is 7.78. The maximum Gasteiger partial charge on any atom is 0.260 e. The van der Waals surface area contributed by atoms with Gasteiger partial charge in [0.25, 0.3) is 5.91 Å². The number of carbonyl (C=O) groups excluding carboxylic acids is 1. The van der Waals surface area contributed by atoms with Gasteiger partial charge in [0.05, 0.1) is 11.3 Å². The fourth-order valence-electron chi connectivity index (χ4n) is 2.80. The molecule has 0 fully saturated rings. The van der Waals surface area contributed by atoms with Gasteiger partial charge in [-0.25, -0.2) is 9.97 Å². The van der Waals surface area contributed by atoms with E-state index in [2.05, 4.69) is 20.6 Å². The largest absolute Gasteiger partial charge is 0.356 e. The maximum atomic E-state index is 12.6. The number of hydrogen-bond donors (Lipinski definition) is 2. The Morgan fingerprint density at radius 3 is 2.66 bits per heavy atom. The molecule has 2 heterocycles. The van der Waals surface area contributed by atoms with Crippen molar-refractivity contribution in [1.82, 2.24) is 9.97 Å². The molecule has 1 amide bonds. The highest BCUT2D eigenvalue weighted by molar-refractivity contribution is 7.98. The van der Waals surface area contributed by atoms with Gasteiger partial charge in [-0.3, -0.25) is 10.1 Å². The molecule has 2 N–H and O–H groups in total. The van der Waals surface area contributed by atoms with Crippen LogP contribution in [0.15, 0.2) is 83.3 Å². The standard InChI is InChI=1S/C22H18N4OS2/c1-28-21-18(11-6-12-23-21)20(27)26-22-25-19(14-29-22)15-7-5-10-17(13-15)24-16-8-3-2-4-9-16/h2-14,24H,1H3,(H,25,26,27). The van der Waals surface area contributed by atoms with Gasteiger partial charge >= 0.3 is 0 Å². The van der Waals surface area contributed by atoms with Gasteiger partial charge in [0.1, 0.15) is 5.03 Å². The molecule has 0 radical (unpaired) electrons. The third kappa shape index (κ3) is 4.64. The summed E-state index contributed by atoms with van der Waals surface area (Å²) in [6.45, 7) is 0. The smallest absolute Gasteiger partial charge is 0.260 e. The van der Waals surface area contributed by atoms with Crippen LogP contribution in [0.4, 0.5) is 16.5 Å². The number of benzene rings is 2. The number of thiazole rings is 1. The van der Waals surface area contributed by atoms with Crippen LogP contribution in [0.3, 0.4) is 0 Å². The van der Waals surface area contributed by atoms with Crippen LogP contribution in [0.2, 0.25) is 0 Å². The molecule has 2 aromatic heterocycles. The zero-order valence-electron chi connectivity index (χ0n) is 15.6. The molecule has 0 unspecified atom stereocenters. The SMILES string of the molecule is CSc1ncccc1C(=O)Nc1nc(-c2cccc(Nc3ccccc3)c2)cs1. The van der Waals surface area contributed by atoms with E-state index in [4.69, 9.17) is 0 Å². The highest BCUT2D eigenvalue weighted by Gasteiger charge is 2.14. The van der Waals surface area contributed by atoms with Crippen molar-refractivity contribution in [2.45, 2.75) is 5.03 Å². The predicted molar refractivity (Wildman–Crippen MR) is 121 cm³/mol. The lowest BCUT2D eigenvalue weighted by atomic mass is 10.1. The van der Waals surface area contributed by atoms with Crippen LogP contribution in [-0.2, 0) is 0 Å². The zero-order chi connectivity index (χ0) is 20.1. The van der Waals surface area contributed by atoms with Gasteiger partial charge in [0.15, 0.2) is 5.13 Å². The number of nitrogens with one attached hydrogen (secondary N) is 2. The Balaban J connectivity index is 1.50. The molecule has 0 aliphatic carbocycles. The van der Waals surface area contributed by atoms with Crippen molar-refractivity contribution < 1.29 is 4.79 Å². The molecule has 29 heavy (non-hydrogen) atoms. The molecule has 0 aliphatic heterocycles. The molecule has 7 heteroatoms. The van der Waals surface area contributed by atoms with Crippen molar-refractivity contribution in [2.24, 2.45) is 0 Å². The highest BCUT2D eigenvalue weighted by atomic mass is 32.2. The summed E-state index contributed by atoms with van der Waals surface area (Å²) in [6, 6.07) is 21.6. The van der Waals surface area contributed by atoms with Crippen molar-refractivity contribution in [2.75, 3.05) is 16.9 Å². The van der Waals surface area contributed by atoms with Crippen molar-refractivity contribution in [3.8, 4) is 11.3 Å². The fourth-order valence-corrected chi connectivity index (χ4v) is 4.06. The van der Waals surface area contributed by atoms with Crippen LogP contribution < -0.4 is 10.6 Å². The third-order valence-electron chi connectivity index (χ3n) is 4.15. The number of anilines is 3. The molecule has 144 valence electrons. The van der Waals surface area contributed by atoms with Gasteiger partial charge in [0, 0.05) is 28.5 Å². The first-order chi connectivity index (χ1) is 14.2. The minimum absolute atomic E-state index is 0.206. The first-order valence-corrected chi connectivity index (χ1v) is 11.0. The number of aromatic nitrogens is 2. The predicted octanol–water partition coefficient (Wildman–Crippen LogP) is 5.92. The fraction of sp³-hybridized carbons (Fsp3) is 0.0455. The van der Waals surface area contributed by atoms with Crippen molar-refractivity contribution >= 4 is 45.5 Å². The number of thioether (sulfide) groups is 1. The number of pyridine rings is 1. The van der Waals surface area contributed by atoms with Crippen LogP contribution >= 0.6 is 23.1 Å². The highest BCUT2D eigenvalue weighted by Crippen LogP contribution is 2.28. The molecule has 0 spiro atoms. The van der Waals surface area contributed by atoms with Crippen LogP contribution in [0.1, 0.15) is 10.4 Å². The van der Waals surface area contributed by atoms with Crippen molar-refractivity contribution in [1.29, 1.82) is 0 Å². The van der Waals surface area contributed by atoms with E-state index in [-0.39, 0.29) is 5.91 Å². The van der Waals surface area contributed by atoms with Crippen LogP contribution in [0, 0.1) is 0 Å². The molecular weight excluding hydrogens is 400 g/mol. The Morgan fingerprint density at radius 2 is 1.83 bits per heavy atom. The van der Waals surface area contributed by atoms with Crippen LogP contribution in [0.5, 0.6) is 0 Å². The molecule has 0 aliphatic rings. The summed E-state index contributed by atoms with van der Waals surface area (Å²) in [6.07, 6.45) is 3.58. The summed E-state index contributed by atoms with van der Waals surface area (Å²) in [5.41, 5.74) is 4.35. The summed E-state index contributed by atoms with van der Waals surface area (Å²) >= 11 is 2.84. The van der Waals surface area contributed by atoms with E-state index >= 15 is 0 Å². The van der Waals surface area contributed by atoms with E-state index < -0.39 is 0 Å². The number of carbonyl (C=O) groups is 1. The van der Waals surface area contributed by atoms with E-state index in [1.807, 2.05) is 66.2 Å². The summed E-state index contributed by atoms with van der Waals surface area (Å²) in [4.78, 5) is 21.4. The average Bonchev–Trinajstić information content (AvgIpc) is 3.23. The summed E-state index contributed by atoms with van der Waals surface area (Å²) < 4.78 is 0. The van der Waals surface area contributed by atoms with E-state index in [0.717, 1.165) is 22.6 Å². The van der Waals surface area contributed by atoms with E-state index in [1.54, 1.807) is 18.3 Å². The minimum atomic E-state index is -0.206. The third-order valence-corrected chi connectivity index (χ3v) is 5.62. The second kappa shape index (κ2) is 8.89. The molecule has 2 aromatic carbocycles. The lowest BCUT2D eigenvalue weighted by Gasteiger charge is -2.07. The van der Waals surface area contributed by atoms with Gasteiger partial charge in [-0.15, -0.1) is 23.1 Å².